The minimum Gasteiger partial charge on any atom is -0.471 e. The van der Waals surface area contributed by atoms with Crippen molar-refractivity contribution in [2.24, 2.45) is 0 Å². The van der Waals surface area contributed by atoms with E-state index in [1.165, 1.54) is 5.56 Å². The molecule has 2 aliphatic rings. The van der Waals surface area contributed by atoms with E-state index in [0.29, 0.717) is 25.6 Å². The zero-order chi connectivity index (χ0) is 16.4. The van der Waals surface area contributed by atoms with E-state index in [0.717, 1.165) is 18.4 Å². The molecule has 124 valence electrons. The van der Waals surface area contributed by atoms with E-state index in [4.69, 9.17) is 9.47 Å². The third-order valence-electron chi connectivity index (χ3n) is 4.50. The normalized spacial score (nSPS) is 22.9. The van der Waals surface area contributed by atoms with Crippen molar-refractivity contribution in [1.29, 1.82) is 0 Å². The molecule has 1 aromatic carbocycles. The van der Waals surface area contributed by atoms with Crippen molar-refractivity contribution in [3.63, 3.8) is 0 Å². The topological polar surface area (TPSA) is 64.5 Å². The van der Waals surface area contributed by atoms with Gasteiger partial charge in [-0.2, -0.15) is 0 Å². The molecule has 24 heavy (non-hydrogen) atoms. The van der Waals surface area contributed by atoms with E-state index >= 15 is 0 Å². The second kappa shape index (κ2) is 6.57. The Labute approximate surface area is 140 Å². The average Bonchev–Trinajstić information content (AvgIpc) is 3.10. The zero-order valence-corrected chi connectivity index (χ0v) is 13.3. The Morgan fingerprint density at radius 2 is 2.21 bits per heavy atom. The van der Waals surface area contributed by atoms with Crippen molar-refractivity contribution >= 4 is 5.91 Å². The summed E-state index contributed by atoms with van der Waals surface area (Å²) in [6, 6.07) is 8.02. The van der Waals surface area contributed by atoms with E-state index in [2.05, 4.69) is 16.0 Å². The summed E-state index contributed by atoms with van der Waals surface area (Å²) in [6.07, 6.45) is 5.89. The molecule has 1 fully saturated rings. The predicted octanol–water partition coefficient (Wildman–Crippen LogP) is 1.77. The van der Waals surface area contributed by atoms with Crippen LogP contribution in [0.15, 0.2) is 42.9 Å². The molecular formula is C18H19N3O3. The van der Waals surface area contributed by atoms with Gasteiger partial charge in [-0.05, 0) is 17.5 Å². The molecule has 3 heterocycles. The first kappa shape index (κ1) is 15.1. The fourth-order valence-corrected chi connectivity index (χ4v) is 3.31. The first-order valence-electron chi connectivity index (χ1n) is 8.22. The van der Waals surface area contributed by atoms with Crippen molar-refractivity contribution in [1.82, 2.24) is 14.9 Å². The van der Waals surface area contributed by atoms with Crippen LogP contribution in [0.3, 0.4) is 0 Å². The quantitative estimate of drug-likeness (QED) is 0.860. The Morgan fingerprint density at radius 3 is 3.08 bits per heavy atom. The van der Waals surface area contributed by atoms with Crippen molar-refractivity contribution in [2.45, 2.75) is 25.0 Å². The predicted molar refractivity (Wildman–Crippen MR) is 86.5 cm³/mol. The number of carbonyl (C=O) groups is 1. The lowest BCUT2D eigenvalue weighted by Gasteiger charge is -2.28. The van der Waals surface area contributed by atoms with Gasteiger partial charge in [0.15, 0.2) is 6.10 Å². The van der Waals surface area contributed by atoms with Gasteiger partial charge in [0.2, 0.25) is 5.88 Å². The van der Waals surface area contributed by atoms with Crippen molar-refractivity contribution in [2.75, 3.05) is 19.7 Å². The van der Waals surface area contributed by atoms with Crippen molar-refractivity contribution < 1.29 is 14.3 Å². The summed E-state index contributed by atoms with van der Waals surface area (Å²) < 4.78 is 11.6. The maximum atomic E-state index is 12.9. The van der Waals surface area contributed by atoms with Gasteiger partial charge in [0.05, 0.1) is 19.3 Å². The molecule has 2 atom stereocenters. The summed E-state index contributed by atoms with van der Waals surface area (Å²) in [6.45, 7) is 1.81. The van der Waals surface area contributed by atoms with Crippen LogP contribution in [0, 0.1) is 0 Å². The highest BCUT2D eigenvalue weighted by Crippen LogP contribution is 2.30. The molecule has 0 aliphatic carbocycles. The Kier molecular flexibility index (Phi) is 4.13. The van der Waals surface area contributed by atoms with E-state index in [1.54, 1.807) is 18.6 Å². The highest BCUT2D eigenvalue weighted by Gasteiger charge is 2.35. The monoisotopic (exact) mass is 325 g/mol. The van der Waals surface area contributed by atoms with Crippen LogP contribution in [0.4, 0.5) is 0 Å². The number of nitrogens with zero attached hydrogens (tertiary/aromatic N) is 3. The van der Waals surface area contributed by atoms with Crippen LogP contribution in [-0.4, -0.2) is 46.6 Å². The summed E-state index contributed by atoms with van der Waals surface area (Å²) in [4.78, 5) is 22.8. The Bertz CT molecular complexity index is 722. The van der Waals surface area contributed by atoms with Crippen LogP contribution in [0.5, 0.6) is 5.88 Å². The Morgan fingerprint density at radius 1 is 1.29 bits per heavy atom. The van der Waals surface area contributed by atoms with Crippen LogP contribution in [0.2, 0.25) is 0 Å². The minimum atomic E-state index is -0.495. The highest BCUT2D eigenvalue weighted by atomic mass is 16.5. The maximum Gasteiger partial charge on any atom is 0.256 e. The first-order valence-corrected chi connectivity index (χ1v) is 8.22. The largest absolute Gasteiger partial charge is 0.471 e. The van der Waals surface area contributed by atoms with E-state index in [1.807, 2.05) is 23.1 Å². The number of hydrogen-bond donors (Lipinski definition) is 0. The number of fused-ring (bicyclic) bond motifs is 1. The van der Waals surface area contributed by atoms with Gasteiger partial charge in [-0.15, -0.1) is 0 Å². The summed E-state index contributed by atoms with van der Waals surface area (Å²) in [5, 5.41) is 0. The van der Waals surface area contributed by atoms with E-state index in [-0.39, 0.29) is 12.0 Å². The fraction of sp³-hybridized carbons (Fsp3) is 0.389. The van der Waals surface area contributed by atoms with Crippen molar-refractivity contribution in [3.8, 4) is 5.88 Å². The molecular weight excluding hydrogens is 306 g/mol. The van der Waals surface area contributed by atoms with Crippen LogP contribution in [0.1, 0.15) is 23.7 Å². The molecule has 6 nitrogen and oxygen atoms in total. The lowest BCUT2D eigenvalue weighted by molar-refractivity contribution is -0.144. The van der Waals surface area contributed by atoms with Gasteiger partial charge in [0.25, 0.3) is 5.91 Å². The standard InChI is InChI=1S/C18H19N3O3/c22-18(17-15-4-2-1-3-13(15)6-10-23-17)21-9-5-14(12-21)24-16-11-19-7-8-20-16/h1-4,7-8,11,14,17H,5-6,9-10,12H2/t14-,17+/m1/s1. The van der Waals surface area contributed by atoms with E-state index < -0.39 is 6.10 Å². The molecule has 1 amide bonds. The lowest BCUT2D eigenvalue weighted by Crippen LogP contribution is -2.37. The summed E-state index contributed by atoms with van der Waals surface area (Å²) >= 11 is 0. The van der Waals surface area contributed by atoms with Gasteiger partial charge in [-0.25, -0.2) is 4.98 Å². The van der Waals surface area contributed by atoms with Gasteiger partial charge < -0.3 is 14.4 Å². The summed E-state index contributed by atoms with van der Waals surface area (Å²) in [5.74, 6) is 0.517. The summed E-state index contributed by atoms with van der Waals surface area (Å²) in [5.41, 5.74) is 2.20. The second-order valence-corrected chi connectivity index (χ2v) is 6.06. The van der Waals surface area contributed by atoms with E-state index in [9.17, 15) is 4.79 Å². The third-order valence-corrected chi connectivity index (χ3v) is 4.50. The van der Waals surface area contributed by atoms with Crippen LogP contribution >= 0.6 is 0 Å². The molecule has 0 N–H and O–H groups in total. The number of hydrogen-bond acceptors (Lipinski definition) is 5. The molecule has 0 unspecified atom stereocenters. The van der Waals surface area contributed by atoms with Crippen molar-refractivity contribution in [3.05, 3.63) is 54.0 Å². The molecule has 2 aromatic rings. The minimum absolute atomic E-state index is 0.0207. The van der Waals surface area contributed by atoms with Crippen LogP contribution in [0.25, 0.3) is 0 Å². The Hall–Kier alpha value is -2.47. The molecule has 0 saturated carbocycles. The fourth-order valence-electron chi connectivity index (χ4n) is 3.31. The SMILES string of the molecule is O=C([C@H]1OCCc2ccccc21)N1CC[C@@H](Oc2cnccn2)C1. The number of amides is 1. The average molecular weight is 325 g/mol. The van der Waals surface area contributed by atoms with Gasteiger partial charge in [0.1, 0.15) is 6.10 Å². The molecule has 1 aromatic heterocycles. The molecule has 0 radical (unpaired) electrons. The number of likely N-dealkylation sites (tertiary alicyclic amines) is 1. The van der Waals surface area contributed by atoms with Gasteiger partial charge >= 0.3 is 0 Å². The lowest BCUT2D eigenvalue weighted by atomic mass is 9.97. The van der Waals surface area contributed by atoms with Gasteiger partial charge in [-0.1, -0.05) is 24.3 Å². The molecule has 0 bridgehead atoms. The third kappa shape index (κ3) is 2.97. The smallest absolute Gasteiger partial charge is 0.256 e. The number of benzene rings is 1. The first-order chi connectivity index (χ1) is 11.8. The maximum absolute atomic E-state index is 12.9. The molecule has 2 aliphatic heterocycles. The molecule has 1 saturated heterocycles. The summed E-state index contributed by atoms with van der Waals surface area (Å²) in [7, 11) is 0. The van der Waals surface area contributed by atoms with Gasteiger partial charge in [0, 0.05) is 25.4 Å². The van der Waals surface area contributed by atoms with Crippen LogP contribution < -0.4 is 4.74 Å². The number of aromatic nitrogens is 2. The Balaban J connectivity index is 1.43. The zero-order valence-electron chi connectivity index (χ0n) is 13.3. The highest BCUT2D eigenvalue weighted by molar-refractivity contribution is 5.83. The molecule has 4 rings (SSSR count). The van der Waals surface area contributed by atoms with Gasteiger partial charge in [-0.3, -0.25) is 9.78 Å². The number of rotatable bonds is 3. The number of carbonyl (C=O) groups excluding carboxylic acids is 1. The second-order valence-electron chi connectivity index (χ2n) is 6.06. The van der Waals surface area contributed by atoms with Crippen LogP contribution in [-0.2, 0) is 16.0 Å². The molecule has 6 heteroatoms. The molecule has 0 spiro atoms. The number of ether oxygens (including phenoxy) is 2.